The number of nitrogens with one attached hydrogen (secondary N) is 1. The van der Waals surface area contributed by atoms with Crippen LogP contribution in [0.4, 0.5) is 11.4 Å². The number of aliphatic imine (C=N–C) groups is 2. The molecule has 0 aliphatic carbocycles. The first kappa shape index (κ1) is 19.9. The Balaban J connectivity index is 2.07. The molecule has 0 unspecified atom stereocenters. The van der Waals surface area contributed by atoms with Crippen LogP contribution in [-0.2, 0) is 0 Å². The highest BCUT2D eigenvalue weighted by atomic mass is 15.0. The Morgan fingerprint density at radius 2 is 1.38 bits per heavy atom. The fraction of sp³-hybridized carbons (Fsp3) is 0.391. The van der Waals surface area contributed by atoms with Crippen molar-refractivity contribution in [2.75, 3.05) is 5.32 Å². The molecule has 2 aromatic carbocycles. The molecule has 0 spiro atoms. The highest BCUT2D eigenvalue weighted by Crippen LogP contribution is 2.24. The van der Waals surface area contributed by atoms with E-state index in [1.807, 2.05) is 6.92 Å². The summed E-state index contributed by atoms with van der Waals surface area (Å²) in [6.07, 6.45) is 1.04. The molecular formula is C23H31N3. The summed E-state index contributed by atoms with van der Waals surface area (Å²) >= 11 is 0. The SMILES string of the molecule is CC(CC(C)C)=Nc1ccc(-c2ccc(NC(C)=NC(C)C)cc2)cc1. The quantitative estimate of drug-likeness (QED) is 0.455. The average molecular weight is 350 g/mol. The van der Waals surface area contributed by atoms with E-state index < -0.39 is 0 Å². The summed E-state index contributed by atoms with van der Waals surface area (Å²) in [4.78, 5) is 9.20. The van der Waals surface area contributed by atoms with Crippen molar-refractivity contribution in [3.05, 3.63) is 48.5 Å². The molecule has 0 aliphatic rings. The van der Waals surface area contributed by atoms with Gasteiger partial charge in [-0.25, -0.2) is 0 Å². The maximum atomic E-state index is 4.70. The van der Waals surface area contributed by atoms with Crippen LogP contribution in [0.25, 0.3) is 11.1 Å². The number of hydrogen-bond acceptors (Lipinski definition) is 2. The molecule has 3 nitrogen and oxygen atoms in total. The molecule has 0 fully saturated rings. The zero-order chi connectivity index (χ0) is 19.1. The van der Waals surface area contributed by atoms with Crippen molar-refractivity contribution in [1.29, 1.82) is 0 Å². The lowest BCUT2D eigenvalue weighted by molar-refractivity contribution is 0.682. The predicted octanol–water partition coefficient (Wildman–Crippen LogP) is 6.73. The van der Waals surface area contributed by atoms with Crippen LogP contribution in [0, 0.1) is 5.92 Å². The molecule has 2 rings (SSSR count). The van der Waals surface area contributed by atoms with Gasteiger partial charge in [-0.1, -0.05) is 38.1 Å². The van der Waals surface area contributed by atoms with E-state index in [0.29, 0.717) is 12.0 Å². The molecule has 0 aliphatic heterocycles. The third-order valence-corrected chi connectivity index (χ3v) is 3.89. The van der Waals surface area contributed by atoms with Crippen molar-refractivity contribution in [2.24, 2.45) is 15.9 Å². The van der Waals surface area contributed by atoms with Gasteiger partial charge in [0.15, 0.2) is 0 Å². The van der Waals surface area contributed by atoms with E-state index in [1.165, 1.54) is 16.8 Å². The first-order valence-electron chi connectivity index (χ1n) is 9.39. The molecule has 0 aromatic heterocycles. The minimum atomic E-state index is 0.298. The lowest BCUT2D eigenvalue weighted by Crippen LogP contribution is -2.09. The summed E-state index contributed by atoms with van der Waals surface area (Å²) in [5, 5.41) is 3.33. The molecule has 138 valence electrons. The Bertz CT molecular complexity index is 751. The van der Waals surface area contributed by atoms with Crippen LogP contribution >= 0.6 is 0 Å². The minimum Gasteiger partial charge on any atom is -0.344 e. The second-order valence-electron chi connectivity index (χ2n) is 7.50. The Kier molecular flexibility index (Phi) is 7.14. The van der Waals surface area contributed by atoms with Gasteiger partial charge < -0.3 is 5.32 Å². The maximum absolute atomic E-state index is 4.70. The molecule has 1 N–H and O–H groups in total. The lowest BCUT2D eigenvalue weighted by Gasteiger charge is -2.09. The molecule has 0 bridgehead atoms. The van der Waals surface area contributed by atoms with E-state index >= 15 is 0 Å². The third kappa shape index (κ3) is 6.47. The van der Waals surface area contributed by atoms with Gasteiger partial charge in [0.2, 0.25) is 0 Å². The Morgan fingerprint density at radius 3 is 1.88 bits per heavy atom. The second kappa shape index (κ2) is 9.33. The zero-order valence-corrected chi connectivity index (χ0v) is 16.9. The molecule has 0 heterocycles. The van der Waals surface area contributed by atoms with Gasteiger partial charge in [-0.15, -0.1) is 0 Å². The van der Waals surface area contributed by atoms with Gasteiger partial charge in [-0.05, 0) is 75.4 Å². The zero-order valence-electron chi connectivity index (χ0n) is 16.9. The Morgan fingerprint density at radius 1 is 0.846 bits per heavy atom. The molecule has 0 saturated heterocycles. The van der Waals surface area contributed by atoms with Crippen LogP contribution in [0.5, 0.6) is 0 Å². The number of hydrogen-bond donors (Lipinski definition) is 1. The normalized spacial score (nSPS) is 12.8. The molecule has 2 aromatic rings. The summed E-state index contributed by atoms with van der Waals surface area (Å²) < 4.78 is 0. The van der Waals surface area contributed by atoms with E-state index in [2.05, 4.69) is 93.5 Å². The largest absolute Gasteiger partial charge is 0.344 e. The van der Waals surface area contributed by atoms with Gasteiger partial charge in [-0.3, -0.25) is 9.98 Å². The number of anilines is 1. The number of nitrogens with zero attached hydrogens (tertiary/aromatic N) is 2. The fourth-order valence-electron chi connectivity index (χ4n) is 2.96. The van der Waals surface area contributed by atoms with Gasteiger partial charge >= 0.3 is 0 Å². The maximum Gasteiger partial charge on any atom is 0.0978 e. The average Bonchev–Trinajstić information content (AvgIpc) is 2.54. The predicted molar refractivity (Wildman–Crippen MR) is 116 cm³/mol. The van der Waals surface area contributed by atoms with Gasteiger partial charge in [0.05, 0.1) is 11.5 Å². The van der Waals surface area contributed by atoms with Crippen molar-refractivity contribution in [1.82, 2.24) is 0 Å². The standard InChI is InChI=1S/C23H31N3/c1-16(2)15-18(5)25-22-11-7-20(8-12-22)21-9-13-23(14-10-21)26-19(6)24-17(3)4/h7-14,16-17H,15H2,1-6H3,(H,24,26). The Labute approximate surface area is 158 Å². The second-order valence-corrected chi connectivity index (χ2v) is 7.50. The van der Waals surface area contributed by atoms with E-state index in [1.54, 1.807) is 0 Å². The topological polar surface area (TPSA) is 36.8 Å². The molecule has 26 heavy (non-hydrogen) atoms. The van der Waals surface area contributed by atoms with Crippen LogP contribution in [0.1, 0.15) is 48.0 Å². The molecule has 0 radical (unpaired) electrons. The molecule has 0 amide bonds. The summed E-state index contributed by atoms with van der Waals surface area (Å²) in [5.74, 6) is 1.58. The summed E-state index contributed by atoms with van der Waals surface area (Å²) in [6, 6.07) is 17.2. The van der Waals surface area contributed by atoms with Crippen LogP contribution in [-0.4, -0.2) is 17.6 Å². The fourth-order valence-corrected chi connectivity index (χ4v) is 2.96. The van der Waals surface area contributed by atoms with Gasteiger partial charge in [0.1, 0.15) is 0 Å². The van der Waals surface area contributed by atoms with E-state index in [-0.39, 0.29) is 0 Å². The summed E-state index contributed by atoms with van der Waals surface area (Å²) in [6.45, 7) is 12.7. The van der Waals surface area contributed by atoms with Crippen LogP contribution in [0.3, 0.4) is 0 Å². The van der Waals surface area contributed by atoms with E-state index in [4.69, 9.17) is 4.99 Å². The number of rotatable bonds is 6. The third-order valence-electron chi connectivity index (χ3n) is 3.89. The Hall–Kier alpha value is -2.42. The highest BCUT2D eigenvalue weighted by Gasteiger charge is 2.01. The van der Waals surface area contributed by atoms with Gasteiger partial charge in [-0.2, -0.15) is 0 Å². The van der Waals surface area contributed by atoms with E-state index in [0.717, 1.165) is 23.6 Å². The van der Waals surface area contributed by atoms with Crippen molar-refractivity contribution < 1.29 is 0 Å². The van der Waals surface area contributed by atoms with Crippen molar-refractivity contribution >= 4 is 22.9 Å². The smallest absolute Gasteiger partial charge is 0.0978 e. The van der Waals surface area contributed by atoms with Gasteiger partial charge in [0, 0.05) is 17.4 Å². The van der Waals surface area contributed by atoms with Gasteiger partial charge in [0.25, 0.3) is 0 Å². The summed E-state index contributed by atoms with van der Waals surface area (Å²) in [7, 11) is 0. The van der Waals surface area contributed by atoms with Crippen LogP contribution in [0.2, 0.25) is 0 Å². The highest BCUT2D eigenvalue weighted by molar-refractivity contribution is 5.93. The van der Waals surface area contributed by atoms with Crippen LogP contribution < -0.4 is 5.32 Å². The molecule has 0 saturated carbocycles. The minimum absolute atomic E-state index is 0.298. The van der Waals surface area contributed by atoms with Crippen molar-refractivity contribution in [3.8, 4) is 11.1 Å². The van der Waals surface area contributed by atoms with Crippen molar-refractivity contribution in [2.45, 2.75) is 54.0 Å². The number of amidine groups is 1. The first-order chi connectivity index (χ1) is 12.3. The molecule has 0 atom stereocenters. The molecular weight excluding hydrogens is 318 g/mol. The lowest BCUT2D eigenvalue weighted by atomic mass is 10.0. The van der Waals surface area contributed by atoms with Crippen LogP contribution in [0.15, 0.2) is 58.5 Å². The van der Waals surface area contributed by atoms with E-state index in [9.17, 15) is 0 Å². The van der Waals surface area contributed by atoms with Crippen molar-refractivity contribution in [3.63, 3.8) is 0 Å². The first-order valence-corrected chi connectivity index (χ1v) is 9.39. The number of benzene rings is 2. The molecule has 3 heteroatoms. The summed E-state index contributed by atoms with van der Waals surface area (Å²) in [5.41, 5.74) is 5.65. The monoisotopic (exact) mass is 349 g/mol.